The zero-order valence-corrected chi connectivity index (χ0v) is 18.4. The molecule has 0 bridgehead atoms. The summed E-state index contributed by atoms with van der Waals surface area (Å²) in [6.07, 6.45) is 0. The van der Waals surface area contributed by atoms with E-state index in [1.807, 2.05) is 49.4 Å². The van der Waals surface area contributed by atoms with Crippen LogP contribution in [-0.2, 0) is 0 Å². The fourth-order valence-electron chi connectivity index (χ4n) is 3.06. The molecule has 0 aliphatic carbocycles. The number of ether oxygens (including phenoxy) is 6. The van der Waals surface area contributed by atoms with E-state index in [4.69, 9.17) is 28.4 Å². The molecule has 170 valence electrons. The van der Waals surface area contributed by atoms with Crippen LogP contribution in [0.25, 0.3) is 0 Å². The molecule has 0 spiro atoms. The average Bonchev–Trinajstić information content (AvgIpc) is 2.81. The first-order valence-corrected chi connectivity index (χ1v) is 10.2. The molecule has 0 aliphatic rings. The Balaban J connectivity index is 1.51. The van der Waals surface area contributed by atoms with Crippen molar-refractivity contribution in [1.29, 1.82) is 0 Å². The number of benzene rings is 3. The molecule has 0 aromatic heterocycles. The van der Waals surface area contributed by atoms with E-state index in [0.717, 1.165) is 5.56 Å². The molecule has 3 rings (SSSR count). The Morgan fingerprint density at radius 2 is 1.16 bits per heavy atom. The fraction of sp³-hybridized carbons (Fsp3) is 0.280. The van der Waals surface area contributed by atoms with E-state index in [9.17, 15) is 4.39 Å². The summed E-state index contributed by atoms with van der Waals surface area (Å²) in [6.45, 7) is 2.93. The van der Waals surface area contributed by atoms with Crippen molar-refractivity contribution in [2.75, 3.05) is 40.6 Å². The first kappa shape index (κ1) is 23.1. The third-order valence-corrected chi connectivity index (χ3v) is 4.55. The SMILES string of the molecule is COc1ccccc1OCCOc1ccc(F)cc1OCCOc1cccc(C)c1OC. The first-order valence-electron chi connectivity index (χ1n) is 10.2. The lowest BCUT2D eigenvalue weighted by Gasteiger charge is -2.15. The lowest BCUT2D eigenvalue weighted by atomic mass is 10.2. The van der Waals surface area contributed by atoms with Crippen LogP contribution in [0.3, 0.4) is 0 Å². The van der Waals surface area contributed by atoms with Crippen LogP contribution in [0.1, 0.15) is 5.56 Å². The van der Waals surface area contributed by atoms with Gasteiger partial charge in [0.15, 0.2) is 34.5 Å². The second kappa shape index (κ2) is 11.7. The fourth-order valence-corrected chi connectivity index (χ4v) is 3.06. The molecule has 0 saturated carbocycles. The zero-order chi connectivity index (χ0) is 22.8. The van der Waals surface area contributed by atoms with E-state index in [2.05, 4.69) is 0 Å². The highest BCUT2D eigenvalue weighted by atomic mass is 19.1. The van der Waals surface area contributed by atoms with Gasteiger partial charge in [-0.2, -0.15) is 0 Å². The summed E-state index contributed by atoms with van der Waals surface area (Å²) in [6, 6.07) is 17.1. The highest BCUT2D eigenvalue weighted by Crippen LogP contribution is 2.31. The van der Waals surface area contributed by atoms with Gasteiger partial charge in [0, 0.05) is 6.07 Å². The van der Waals surface area contributed by atoms with Crippen LogP contribution in [0.4, 0.5) is 4.39 Å². The van der Waals surface area contributed by atoms with Crippen LogP contribution in [-0.4, -0.2) is 40.6 Å². The minimum Gasteiger partial charge on any atom is -0.493 e. The number of hydrogen-bond donors (Lipinski definition) is 0. The van der Waals surface area contributed by atoms with Gasteiger partial charge in [-0.1, -0.05) is 24.3 Å². The van der Waals surface area contributed by atoms with Gasteiger partial charge in [-0.25, -0.2) is 4.39 Å². The molecule has 3 aromatic carbocycles. The standard InChI is InChI=1S/C25H27FO6/c1-18-7-6-10-23(25(18)28-3)31-15-16-32-24-17-19(26)11-12-22(24)30-14-13-29-21-9-5-4-8-20(21)27-2/h4-12,17H,13-16H2,1-3H3. The molecular weight excluding hydrogens is 415 g/mol. The molecule has 0 atom stereocenters. The summed E-state index contributed by atoms with van der Waals surface area (Å²) in [7, 11) is 3.18. The van der Waals surface area contributed by atoms with E-state index in [1.165, 1.54) is 18.2 Å². The highest BCUT2D eigenvalue weighted by Gasteiger charge is 2.10. The van der Waals surface area contributed by atoms with Crippen molar-refractivity contribution < 1.29 is 32.8 Å². The molecule has 3 aromatic rings. The number of hydrogen-bond acceptors (Lipinski definition) is 6. The smallest absolute Gasteiger partial charge is 0.164 e. The molecule has 6 nitrogen and oxygen atoms in total. The van der Waals surface area contributed by atoms with Gasteiger partial charge in [-0.05, 0) is 42.8 Å². The van der Waals surface area contributed by atoms with Crippen molar-refractivity contribution in [3.05, 3.63) is 72.0 Å². The number of halogens is 1. The number of para-hydroxylation sites is 3. The predicted octanol–water partition coefficient (Wildman–Crippen LogP) is 5.07. The Morgan fingerprint density at radius 1 is 0.594 bits per heavy atom. The first-order chi connectivity index (χ1) is 15.6. The van der Waals surface area contributed by atoms with Crippen molar-refractivity contribution in [1.82, 2.24) is 0 Å². The molecule has 0 amide bonds. The topological polar surface area (TPSA) is 55.4 Å². The van der Waals surface area contributed by atoms with Gasteiger partial charge in [-0.3, -0.25) is 0 Å². The molecular formula is C25H27FO6. The van der Waals surface area contributed by atoms with E-state index in [1.54, 1.807) is 14.2 Å². The van der Waals surface area contributed by atoms with Gasteiger partial charge in [0.2, 0.25) is 0 Å². The monoisotopic (exact) mass is 442 g/mol. The number of rotatable bonds is 12. The molecule has 0 saturated heterocycles. The van der Waals surface area contributed by atoms with Crippen molar-refractivity contribution in [3.8, 4) is 34.5 Å². The Bertz CT molecular complexity index is 1010. The molecule has 32 heavy (non-hydrogen) atoms. The zero-order valence-electron chi connectivity index (χ0n) is 18.4. The minimum atomic E-state index is -0.418. The van der Waals surface area contributed by atoms with Crippen molar-refractivity contribution >= 4 is 0 Å². The summed E-state index contributed by atoms with van der Waals surface area (Å²) >= 11 is 0. The summed E-state index contributed by atoms with van der Waals surface area (Å²) in [5, 5.41) is 0. The largest absolute Gasteiger partial charge is 0.493 e. The van der Waals surface area contributed by atoms with Gasteiger partial charge in [0.1, 0.15) is 32.2 Å². The Labute approximate surface area is 187 Å². The summed E-state index contributed by atoms with van der Waals surface area (Å²) in [5.74, 6) is 2.86. The van der Waals surface area contributed by atoms with Crippen LogP contribution in [0.2, 0.25) is 0 Å². The number of methoxy groups -OCH3 is 2. The van der Waals surface area contributed by atoms with Crippen molar-refractivity contribution in [3.63, 3.8) is 0 Å². The van der Waals surface area contributed by atoms with Crippen LogP contribution in [0.15, 0.2) is 60.7 Å². The third-order valence-electron chi connectivity index (χ3n) is 4.55. The summed E-state index contributed by atoms with van der Waals surface area (Å²) in [4.78, 5) is 0. The Morgan fingerprint density at radius 3 is 1.81 bits per heavy atom. The maximum absolute atomic E-state index is 13.7. The molecule has 0 radical (unpaired) electrons. The van der Waals surface area contributed by atoms with E-state index in [0.29, 0.717) is 34.5 Å². The normalized spacial score (nSPS) is 10.4. The summed E-state index contributed by atoms with van der Waals surface area (Å²) in [5.41, 5.74) is 0.974. The van der Waals surface area contributed by atoms with Crippen LogP contribution < -0.4 is 28.4 Å². The second-order valence-corrected chi connectivity index (χ2v) is 6.74. The van der Waals surface area contributed by atoms with Gasteiger partial charge < -0.3 is 28.4 Å². The number of aryl methyl sites for hydroxylation is 1. The molecule has 0 N–H and O–H groups in total. The lowest BCUT2D eigenvalue weighted by Crippen LogP contribution is -2.12. The van der Waals surface area contributed by atoms with Crippen molar-refractivity contribution in [2.45, 2.75) is 6.92 Å². The van der Waals surface area contributed by atoms with Gasteiger partial charge >= 0.3 is 0 Å². The predicted molar refractivity (Wildman–Crippen MR) is 119 cm³/mol. The lowest BCUT2D eigenvalue weighted by molar-refractivity contribution is 0.187. The van der Waals surface area contributed by atoms with E-state index >= 15 is 0 Å². The van der Waals surface area contributed by atoms with Crippen LogP contribution >= 0.6 is 0 Å². The summed E-state index contributed by atoms with van der Waals surface area (Å²) < 4.78 is 47.3. The Kier molecular flexibility index (Phi) is 8.43. The minimum absolute atomic E-state index is 0.203. The van der Waals surface area contributed by atoms with Gasteiger partial charge in [0.25, 0.3) is 0 Å². The quantitative estimate of drug-likeness (QED) is 0.365. The third kappa shape index (κ3) is 6.20. The molecule has 0 aliphatic heterocycles. The molecule has 0 unspecified atom stereocenters. The van der Waals surface area contributed by atoms with Crippen LogP contribution in [0.5, 0.6) is 34.5 Å². The maximum Gasteiger partial charge on any atom is 0.164 e. The molecule has 0 heterocycles. The second-order valence-electron chi connectivity index (χ2n) is 6.74. The molecule has 0 fully saturated rings. The van der Waals surface area contributed by atoms with Gasteiger partial charge in [-0.15, -0.1) is 0 Å². The van der Waals surface area contributed by atoms with Crippen LogP contribution in [0, 0.1) is 12.7 Å². The molecule has 7 heteroatoms. The van der Waals surface area contributed by atoms with E-state index < -0.39 is 5.82 Å². The van der Waals surface area contributed by atoms with Gasteiger partial charge in [0.05, 0.1) is 14.2 Å². The maximum atomic E-state index is 13.7. The highest BCUT2D eigenvalue weighted by molar-refractivity contribution is 5.46. The van der Waals surface area contributed by atoms with Crippen molar-refractivity contribution in [2.24, 2.45) is 0 Å². The Hall–Kier alpha value is -3.61. The van der Waals surface area contributed by atoms with E-state index in [-0.39, 0.29) is 26.4 Å². The average molecular weight is 442 g/mol.